The van der Waals surface area contributed by atoms with E-state index < -0.39 is 0 Å². The molecule has 23 heavy (non-hydrogen) atoms. The summed E-state index contributed by atoms with van der Waals surface area (Å²) >= 11 is 0. The van der Waals surface area contributed by atoms with Gasteiger partial charge in [-0.2, -0.15) is 0 Å². The Balaban J connectivity index is 1.56. The van der Waals surface area contributed by atoms with Crippen molar-refractivity contribution in [1.82, 2.24) is 15.1 Å². The molecule has 1 aromatic carbocycles. The van der Waals surface area contributed by atoms with E-state index in [0.717, 1.165) is 31.5 Å². The van der Waals surface area contributed by atoms with Crippen LogP contribution in [0.2, 0.25) is 0 Å². The number of hydrogen-bond acceptors (Lipinski definition) is 4. The SMILES string of the molecule is Cc1ccc(-c2nnc(CCC(=O)N3CCCCCC3)o2)cc1. The van der Waals surface area contributed by atoms with E-state index in [1.54, 1.807) is 0 Å². The molecular weight excluding hydrogens is 290 g/mol. The zero-order valence-electron chi connectivity index (χ0n) is 13.6. The highest BCUT2D eigenvalue weighted by molar-refractivity contribution is 5.76. The molecule has 0 bridgehead atoms. The molecule has 2 heterocycles. The van der Waals surface area contributed by atoms with Gasteiger partial charge in [0.1, 0.15) is 0 Å². The van der Waals surface area contributed by atoms with Crippen molar-refractivity contribution in [1.29, 1.82) is 0 Å². The molecule has 1 fully saturated rings. The van der Waals surface area contributed by atoms with Crippen LogP contribution < -0.4 is 0 Å². The lowest BCUT2D eigenvalue weighted by Crippen LogP contribution is -2.31. The van der Waals surface area contributed by atoms with Gasteiger partial charge in [0.25, 0.3) is 0 Å². The second kappa shape index (κ2) is 7.40. The third-order valence-corrected chi connectivity index (χ3v) is 4.28. The van der Waals surface area contributed by atoms with Crippen molar-refractivity contribution in [2.45, 2.75) is 45.4 Å². The molecule has 0 N–H and O–H groups in total. The van der Waals surface area contributed by atoms with Crippen molar-refractivity contribution in [2.24, 2.45) is 0 Å². The lowest BCUT2D eigenvalue weighted by molar-refractivity contribution is -0.131. The number of nitrogens with zero attached hydrogens (tertiary/aromatic N) is 3. The van der Waals surface area contributed by atoms with Gasteiger partial charge < -0.3 is 9.32 Å². The van der Waals surface area contributed by atoms with Crippen molar-refractivity contribution in [3.05, 3.63) is 35.7 Å². The van der Waals surface area contributed by atoms with Gasteiger partial charge >= 0.3 is 0 Å². The molecule has 1 saturated heterocycles. The fraction of sp³-hybridized carbons (Fsp3) is 0.500. The van der Waals surface area contributed by atoms with Gasteiger partial charge in [0.2, 0.25) is 17.7 Å². The van der Waals surface area contributed by atoms with Gasteiger partial charge in [-0.25, -0.2) is 0 Å². The van der Waals surface area contributed by atoms with Crippen molar-refractivity contribution in [3.8, 4) is 11.5 Å². The molecule has 1 aromatic heterocycles. The molecule has 0 saturated carbocycles. The minimum absolute atomic E-state index is 0.196. The Bertz CT molecular complexity index is 641. The van der Waals surface area contributed by atoms with Crippen molar-refractivity contribution in [3.63, 3.8) is 0 Å². The molecule has 0 unspecified atom stereocenters. The Labute approximate surface area is 136 Å². The largest absolute Gasteiger partial charge is 0.421 e. The second-order valence-corrected chi connectivity index (χ2v) is 6.16. The Morgan fingerprint density at radius 1 is 1.09 bits per heavy atom. The first-order chi connectivity index (χ1) is 11.2. The van der Waals surface area contributed by atoms with Crippen molar-refractivity contribution < 1.29 is 9.21 Å². The number of aromatic nitrogens is 2. The molecule has 0 radical (unpaired) electrons. The van der Waals surface area contributed by atoms with Gasteiger partial charge in [-0.05, 0) is 31.9 Å². The molecule has 2 aromatic rings. The Kier molecular flexibility index (Phi) is 5.05. The first-order valence-electron chi connectivity index (χ1n) is 8.39. The minimum Gasteiger partial charge on any atom is -0.421 e. The van der Waals surface area contributed by atoms with Crippen LogP contribution in [0.3, 0.4) is 0 Å². The summed E-state index contributed by atoms with van der Waals surface area (Å²) in [5, 5.41) is 8.14. The number of likely N-dealkylation sites (tertiary alicyclic amines) is 1. The predicted molar refractivity (Wildman–Crippen MR) is 87.8 cm³/mol. The number of rotatable bonds is 4. The van der Waals surface area contributed by atoms with Crippen LogP contribution in [0.15, 0.2) is 28.7 Å². The molecule has 1 aliphatic rings. The Hall–Kier alpha value is -2.17. The van der Waals surface area contributed by atoms with E-state index >= 15 is 0 Å². The normalized spacial score (nSPS) is 15.4. The van der Waals surface area contributed by atoms with Gasteiger partial charge in [0.05, 0.1) is 0 Å². The highest BCUT2D eigenvalue weighted by Crippen LogP contribution is 2.19. The van der Waals surface area contributed by atoms with E-state index in [1.807, 2.05) is 36.1 Å². The van der Waals surface area contributed by atoms with Crippen LogP contribution in [0.5, 0.6) is 0 Å². The number of hydrogen-bond donors (Lipinski definition) is 0. The molecule has 5 nitrogen and oxygen atoms in total. The monoisotopic (exact) mass is 313 g/mol. The fourth-order valence-corrected chi connectivity index (χ4v) is 2.86. The summed E-state index contributed by atoms with van der Waals surface area (Å²) in [6, 6.07) is 7.97. The van der Waals surface area contributed by atoms with Crippen LogP contribution in [0.1, 0.15) is 43.6 Å². The van der Waals surface area contributed by atoms with Gasteiger partial charge in [0.15, 0.2) is 0 Å². The molecular formula is C18H23N3O2. The number of carbonyl (C=O) groups is 1. The summed E-state index contributed by atoms with van der Waals surface area (Å²) in [5.74, 6) is 1.24. The van der Waals surface area contributed by atoms with E-state index in [2.05, 4.69) is 10.2 Å². The van der Waals surface area contributed by atoms with Crippen LogP contribution in [-0.2, 0) is 11.2 Å². The zero-order valence-corrected chi connectivity index (χ0v) is 13.6. The van der Waals surface area contributed by atoms with E-state index in [4.69, 9.17) is 4.42 Å². The zero-order chi connectivity index (χ0) is 16.1. The standard InChI is InChI=1S/C18H23N3O2/c1-14-6-8-15(9-7-14)18-20-19-16(23-18)10-11-17(22)21-12-4-2-3-5-13-21/h6-9H,2-5,10-13H2,1H3. The lowest BCUT2D eigenvalue weighted by atomic mass is 10.1. The highest BCUT2D eigenvalue weighted by Gasteiger charge is 2.17. The second-order valence-electron chi connectivity index (χ2n) is 6.16. The molecule has 1 aliphatic heterocycles. The van der Waals surface area contributed by atoms with Crippen LogP contribution in [0, 0.1) is 6.92 Å². The molecule has 0 spiro atoms. The van der Waals surface area contributed by atoms with E-state index in [0.29, 0.717) is 24.6 Å². The highest BCUT2D eigenvalue weighted by atomic mass is 16.4. The van der Waals surface area contributed by atoms with Gasteiger partial charge in [-0.3, -0.25) is 4.79 Å². The average molecular weight is 313 g/mol. The number of benzene rings is 1. The summed E-state index contributed by atoms with van der Waals surface area (Å²) in [7, 11) is 0. The molecule has 5 heteroatoms. The summed E-state index contributed by atoms with van der Waals surface area (Å²) in [4.78, 5) is 14.3. The third kappa shape index (κ3) is 4.18. The van der Waals surface area contributed by atoms with Gasteiger partial charge in [0, 0.05) is 31.5 Å². The molecule has 3 rings (SSSR count). The first-order valence-corrected chi connectivity index (χ1v) is 8.39. The molecule has 122 valence electrons. The summed E-state index contributed by atoms with van der Waals surface area (Å²) in [6.07, 6.45) is 5.64. The van der Waals surface area contributed by atoms with E-state index in [1.165, 1.54) is 18.4 Å². The summed E-state index contributed by atoms with van der Waals surface area (Å²) in [6.45, 7) is 3.81. The van der Waals surface area contributed by atoms with Crippen molar-refractivity contribution >= 4 is 5.91 Å². The maximum atomic E-state index is 12.3. The Morgan fingerprint density at radius 3 is 2.48 bits per heavy atom. The third-order valence-electron chi connectivity index (χ3n) is 4.28. The average Bonchev–Trinajstić information content (AvgIpc) is 2.86. The predicted octanol–water partition coefficient (Wildman–Crippen LogP) is 3.38. The van der Waals surface area contributed by atoms with Gasteiger partial charge in [-0.15, -0.1) is 10.2 Å². The van der Waals surface area contributed by atoms with Gasteiger partial charge in [-0.1, -0.05) is 30.5 Å². The van der Waals surface area contributed by atoms with Crippen LogP contribution in [0.25, 0.3) is 11.5 Å². The molecule has 0 aliphatic carbocycles. The van der Waals surface area contributed by atoms with Crippen LogP contribution in [-0.4, -0.2) is 34.1 Å². The number of amides is 1. The maximum absolute atomic E-state index is 12.3. The smallest absolute Gasteiger partial charge is 0.247 e. The van der Waals surface area contributed by atoms with E-state index in [9.17, 15) is 4.79 Å². The quantitative estimate of drug-likeness (QED) is 0.868. The number of carbonyl (C=O) groups excluding carboxylic acids is 1. The van der Waals surface area contributed by atoms with Crippen LogP contribution >= 0.6 is 0 Å². The van der Waals surface area contributed by atoms with Crippen LogP contribution in [0.4, 0.5) is 0 Å². The fourth-order valence-electron chi connectivity index (χ4n) is 2.86. The lowest BCUT2D eigenvalue weighted by Gasteiger charge is -2.19. The number of aryl methyl sites for hydroxylation is 2. The summed E-state index contributed by atoms with van der Waals surface area (Å²) < 4.78 is 5.68. The molecule has 1 amide bonds. The topological polar surface area (TPSA) is 59.2 Å². The minimum atomic E-state index is 0.196. The Morgan fingerprint density at radius 2 is 1.78 bits per heavy atom. The molecule has 0 atom stereocenters. The van der Waals surface area contributed by atoms with Crippen molar-refractivity contribution in [2.75, 3.05) is 13.1 Å². The van der Waals surface area contributed by atoms with E-state index in [-0.39, 0.29) is 5.91 Å². The maximum Gasteiger partial charge on any atom is 0.247 e. The summed E-state index contributed by atoms with van der Waals surface area (Å²) in [5.41, 5.74) is 2.10. The first kappa shape index (κ1) is 15.7.